The first kappa shape index (κ1) is 15.5. The molecule has 1 aliphatic rings. The summed E-state index contributed by atoms with van der Waals surface area (Å²) in [6, 6.07) is 8.03. The SMILES string of the molecule is COC(=O)[C@H]1C[C@@H]1C(=O)NCCCc1nc2ccccc2n1C. The topological polar surface area (TPSA) is 73.2 Å². The van der Waals surface area contributed by atoms with Gasteiger partial charge in [0.2, 0.25) is 5.91 Å². The molecule has 1 heterocycles. The Hall–Kier alpha value is -2.37. The lowest BCUT2D eigenvalue weighted by Gasteiger charge is -2.05. The van der Waals surface area contributed by atoms with Gasteiger partial charge in [-0.25, -0.2) is 4.98 Å². The van der Waals surface area contributed by atoms with Gasteiger partial charge in [0.15, 0.2) is 0 Å². The highest BCUT2D eigenvalue weighted by Gasteiger charge is 2.48. The number of fused-ring (bicyclic) bond motifs is 1. The smallest absolute Gasteiger partial charge is 0.309 e. The molecule has 1 N–H and O–H groups in total. The van der Waals surface area contributed by atoms with Crippen molar-refractivity contribution in [3.8, 4) is 0 Å². The number of rotatable bonds is 6. The highest BCUT2D eigenvalue weighted by molar-refractivity contribution is 5.90. The van der Waals surface area contributed by atoms with Crippen LogP contribution in [0.3, 0.4) is 0 Å². The van der Waals surface area contributed by atoms with Gasteiger partial charge in [0.1, 0.15) is 5.82 Å². The molecule has 1 aliphatic carbocycles. The summed E-state index contributed by atoms with van der Waals surface area (Å²) >= 11 is 0. The average Bonchev–Trinajstić information content (AvgIpc) is 3.31. The molecule has 6 heteroatoms. The molecule has 0 bridgehead atoms. The summed E-state index contributed by atoms with van der Waals surface area (Å²) in [5.74, 6) is 0.215. The third-order valence-electron chi connectivity index (χ3n) is 4.39. The molecule has 2 atom stereocenters. The number of carbonyl (C=O) groups excluding carboxylic acids is 2. The molecule has 122 valence electrons. The van der Waals surface area contributed by atoms with Crippen molar-refractivity contribution in [1.82, 2.24) is 14.9 Å². The molecule has 2 aromatic rings. The molecule has 0 spiro atoms. The first-order valence-electron chi connectivity index (χ1n) is 7.87. The number of esters is 1. The van der Waals surface area contributed by atoms with Crippen LogP contribution in [-0.2, 0) is 27.8 Å². The maximum Gasteiger partial charge on any atom is 0.309 e. The number of benzene rings is 1. The van der Waals surface area contributed by atoms with Crippen LogP contribution in [0.1, 0.15) is 18.7 Å². The summed E-state index contributed by atoms with van der Waals surface area (Å²) < 4.78 is 6.74. The molecule has 0 saturated heterocycles. The molecule has 0 radical (unpaired) electrons. The van der Waals surface area contributed by atoms with Gasteiger partial charge in [-0.15, -0.1) is 0 Å². The van der Waals surface area contributed by atoms with Gasteiger partial charge in [0.05, 0.1) is 30.0 Å². The third kappa shape index (κ3) is 3.21. The normalized spacial score (nSPS) is 19.6. The van der Waals surface area contributed by atoms with Crippen molar-refractivity contribution in [3.63, 3.8) is 0 Å². The van der Waals surface area contributed by atoms with E-state index in [-0.39, 0.29) is 23.7 Å². The van der Waals surface area contributed by atoms with Crippen LogP contribution in [0.5, 0.6) is 0 Å². The molecule has 1 aromatic carbocycles. The summed E-state index contributed by atoms with van der Waals surface area (Å²) in [6.07, 6.45) is 2.22. The molecule has 23 heavy (non-hydrogen) atoms. The highest BCUT2D eigenvalue weighted by atomic mass is 16.5. The Morgan fingerprint density at radius 1 is 1.35 bits per heavy atom. The molecule has 1 aromatic heterocycles. The first-order chi connectivity index (χ1) is 11.1. The quantitative estimate of drug-likeness (QED) is 0.646. The number of aromatic nitrogens is 2. The zero-order valence-electron chi connectivity index (χ0n) is 13.4. The van der Waals surface area contributed by atoms with Gasteiger partial charge in [-0.1, -0.05) is 12.1 Å². The third-order valence-corrected chi connectivity index (χ3v) is 4.39. The number of nitrogens with zero attached hydrogens (tertiary/aromatic N) is 2. The minimum atomic E-state index is -0.287. The number of aryl methyl sites for hydroxylation is 2. The number of carbonyl (C=O) groups is 2. The second kappa shape index (κ2) is 6.40. The monoisotopic (exact) mass is 315 g/mol. The average molecular weight is 315 g/mol. The Morgan fingerprint density at radius 2 is 2.13 bits per heavy atom. The Balaban J connectivity index is 1.46. The Kier molecular flexibility index (Phi) is 4.32. The zero-order chi connectivity index (χ0) is 16.4. The van der Waals surface area contributed by atoms with Crippen LogP contribution in [-0.4, -0.2) is 35.1 Å². The van der Waals surface area contributed by atoms with Crippen LogP contribution in [0.15, 0.2) is 24.3 Å². The summed E-state index contributed by atoms with van der Waals surface area (Å²) in [4.78, 5) is 27.8. The van der Waals surface area contributed by atoms with E-state index >= 15 is 0 Å². The van der Waals surface area contributed by atoms with Crippen LogP contribution in [0.4, 0.5) is 0 Å². The van der Waals surface area contributed by atoms with E-state index < -0.39 is 0 Å². The van der Waals surface area contributed by atoms with Crippen molar-refractivity contribution in [1.29, 1.82) is 0 Å². The summed E-state index contributed by atoms with van der Waals surface area (Å²) in [5.41, 5.74) is 2.11. The lowest BCUT2D eigenvalue weighted by Crippen LogP contribution is -2.27. The van der Waals surface area contributed by atoms with Gasteiger partial charge < -0.3 is 14.6 Å². The Labute approximate surface area is 134 Å². The van der Waals surface area contributed by atoms with E-state index in [1.807, 2.05) is 31.3 Å². The van der Waals surface area contributed by atoms with Gasteiger partial charge in [-0.05, 0) is 25.0 Å². The minimum Gasteiger partial charge on any atom is -0.469 e. The lowest BCUT2D eigenvalue weighted by molar-refractivity contribution is -0.143. The Bertz CT molecular complexity index is 738. The van der Waals surface area contributed by atoms with Gasteiger partial charge in [0, 0.05) is 20.0 Å². The van der Waals surface area contributed by atoms with Crippen molar-refractivity contribution >= 4 is 22.9 Å². The van der Waals surface area contributed by atoms with Gasteiger partial charge in [-0.2, -0.15) is 0 Å². The number of methoxy groups -OCH3 is 1. The van der Waals surface area contributed by atoms with E-state index in [1.54, 1.807) is 0 Å². The van der Waals surface area contributed by atoms with E-state index in [0.717, 1.165) is 29.7 Å². The number of para-hydroxylation sites is 2. The van der Waals surface area contributed by atoms with E-state index in [1.165, 1.54) is 7.11 Å². The van der Waals surface area contributed by atoms with E-state index in [9.17, 15) is 9.59 Å². The fourth-order valence-corrected chi connectivity index (χ4v) is 2.90. The molecule has 6 nitrogen and oxygen atoms in total. The number of hydrogen-bond acceptors (Lipinski definition) is 4. The van der Waals surface area contributed by atoms with E-state index in [4.69, 9.17) is 0 Å². The van der Waals surface area contributed by atoms with Crippen molar-refractivity contribution in [2.24, 2.45) is 18.9 Å². The molecular formula is C17H21N3O3. The Morgan fingerprint density at radius 3 is 2.87 bits per heavy atom. The predicted octanol–water partition coefficient (Wildman–Crippen LogP) is 1.43. The second-order valence-electron chi connectivity index (χ2n) is 5.94. The maximum absolute atomic E-state index is 11.9. The number of hydrogen-bond donors (Lipinski definition) is 1. The van der Waals surface area contributed by atoms with Crippen LogP contribution in [0, 0.1) is 11.8 Å². The first-order valence-corrected chi connectivity index (χ1v) is 7.87. The largest absolute Gasteiger partial charge is 0.469 e. The van der Waals surface area contributed by atoms with Crippen LogP contribution >= 0.6 is 0 Å². The molecule has 1 fully saturated rings. The predicted molar refractivity (Wildman–Crippen MR) is 85.7 cm³/mol. The zero-order valence-corrected chi connectivity index (χ0v) is 13.4. The van der Waals surface area contributed by atoms with Crippen LogP contribution in [0.25, 0.3) is 11.0 Å². The maximum atomic E-state index is 11.9. The van der Waals surface area contributed by atoms with Crippen molar-refractivity contribution in [2.75, 3.05) is 13.7 Å². The molecule has 0 unspecified atom stereocenters. The second-order valence-corrected chi connectivity index (χ2v) is 5.94. The van der Waals surface area contributed by atoms with E-state index in [2.05, 4.69) is 19.6 Å². The summed E-state index contributed by atoms with van der Waals surface area (Å²) in [7, 11) is 3.36. The number of imidazole rings is 1. The van der Waals surface area contributed by atoms with Gasteiger partial charge >= 0.3 is 5.97 Å². The van der Waals surface area contributed by atoms with Crippen molar-refractivity contribution < 1.29 is 14.3 Å². The molecule has 1 amide bonds. The number of ether oxygens (including phenoxy) is 1. The molecule has 1 saturated carbocycles. The lowest BCUT2D eigenvalue weighted by atomic mass is 10.2. The van der Waals surface area contributed by atoms with E-state index in [0.29, 0.717) is 13.0 Å². The van der Waals surface area contributed by atoms with Crippen LogP contribution < -0.4 is 5.32 Å². The van der Waals surface area contributed by atoms with Crippen molar-refractivity contribution in [2.45, 2.75) is 19.3 Å². The molecule has 3 rings (SSSR count). The van der Waals surface area contributed by atoms with Gasteiger partial charge in [-0.3, -0.25) is 9.59 Å². The number of nitrogens with one attached hydrogen (secondary N) is 1. The number of amides is 1. The minimum absolute atomic E-state index is 0.0506. The van der Waals surface area contributed by atoms with Crippen molar-refractivity contribution in [3.05, 3.63) is 30.1 Å². The van der Waals surface area contributed by atoms with Gasteiger partial charge in [0.25, 0.3) is 0 Å². The molecule has 0 aliphatic heterocycles. The fraction of sp³-hybridized carbons (Fsp3) is 0.471. The molecular weight excluding hydrogens is 294 g/mol. The standard InChI is InChI=1S/C17H21N3O3/c1-20-14-7-4-3-6-13(14)19-15(20)8-5-9-18-16(21)11-10-12(11)17(22)23-2/h3-4,6-7,11-12H,5,8-10H2,1-2H3,(H,18,21)/t11-,12-/m0/s1. The van der Waals surface area contributed by atoms with Crippen LogP contribution in [0.2, 0.25) is 0 Å². The summed E-state index contributed by atoms with van der Waals surface area (Å²) in [5, 5.41) is 2.89. The fourth-order valence-electron chi connectivity index (χ4n) is 2.90. The summed E-state index contributed by atoms with van der Waals surface area (Å²) in [6.45, 7) is 0.590. The highest BCUT2D eigenvalue weighted by Crippen LogP contribution is 2.39.